The normalized spacial score (nSPS) is 13.3. The van der Waals surface area contributed by atoms with Gasteiger partial charge in [-0.1, -0.05) is 42.5 Å². The number of aliphatic imine (C=N–C) groups is 1. The highest BCUT2D eigenvalue weighted by Gasteiger charge is 2.04. The van der Waals surface area contributed by atoms with Gasteiger partial charge in [-0.3, -0.25) is 4.99 Å². The Labute approximate surface area is 112 Å². The molecule has 0 saturated carbocycles. The van der Waals surface area contributed by atoms with Crippen LogP contribution < -0.4 is 5.73 Å². The zero-order valence-electron chi connectivity index (χ0n) is 10.9. The van der Waals surface area contributed by atoms with Crippen LogP contribution in [-0.4, -0.2) is 11.9 Å². The molecule has 2 aromatic carbocycles. The third-order valence-electron chi connectivity index (χ3n) is 2.87. The number of amidine groups is 1. The maximum absolute atomic E-state index is 12.8. The molecular formula is C16H17FN2. The minimum Gasteiger partial charge on any atom is -0.383 e. The van der Waals surface area contributed by atoms with Crippen LogP contribution in [0.25, 0.3) is 0 Å². The summed E-state index contributed by atoms with van der Waals surface area (Å²) in [4.78, 5) is 4.47. The van der Waals surface area contributed by atoms with Gasteiger partial charge < -0.3 is 5.73 Å². The minimum absolute atomic E-state index is 0.0608. The largest absolute Gasteiger partial charge is 0.383 e. The average molecular weight is 256 g/mol. The van der Waals surface area contributed by atoms with Crippen LogP contribution in [0.5, 0.6) is 0 Å². The Kier molecular flexibility index (Phi) is 4.29. The van der Waals surface area contributed by atoms with E-state index in [2.05, 4.69) is 4.99 Å². The number of hydrogen-bond donors (Lipinski definition) is 1. The predicted molar refractivity (Wildman–Crippen MR) is 76.7 cm³/mol. The van der Waals surface area contributed by atoms with E-state index in [1.54, 1.807) is 12.1 Å². The molecule has 0 saturated heterocycles. The number of benzene rings is 2. The van der Waals surface area contributed by atoms with Crippen LogP contribution in [0.1, 0.15) is 18.1 Å². The van der Waals surface area contributed by atoms with E-state index in [9.17, 15) is 4.39 Å². The lowest BCUT2D eigenvalue weighted by molar-refractivity contribution is 0.626. The molecule has 0 spiro atoms. The highest BCUT2D eigenvalue weighted by Crippen LogP contribution is 2.08. The highest BCUT2D eigenvalue weighted by molar-refractivity contribution is 5.97. The van der Waals surface area contributed by atoms with Crippen molar-refractivity contribution in [1.29, 1.82) is 0 Å². The Morgan fingerprint density at radius 3 is 2.37 bits per heavy atom. The zero-order valence-corrected chi connectivity index (χ0v) is 10.9. The summed E-state index contributed by atoms with van der Waals surface area (Å²) in [5, 5.41) is 0. The first kappa shape index (κ1) is 13.3. The van der Waals surface area contributed by atoms with Gasteiger partial charge in [-0.25, -0.2) is 4.39 Å². The van der Waals surface area contributed by atoms with Crippen LogP contribution in [-0.2, 0) is 6.42 Å². The maximum atomic E-state index is 12.8. The Morgan fingerprint density at radius 1 is 1.11 bits per heavy atom. The van der Waals surface area contributed by atoms with Gasteiger partial charge in [0.1, 0.15) is 11.7 Å². The Bertz CT molecular complexity index is 547. The lowest BCUT2D eigenvalue weighted by atomic mass is 10.1. The van der Waals surface area contributed by atoms with Crippen LogP contribution in [0.3, 0.4) is 0 Å². The standard InChI is InChI=1S/C16H17FN2/c1-12(11-13-7-9-15(17)10-8-13)19-16(18)14-5-3-2-4-6-14/h2-10,12H,11H2,1H3,(H2,18,19). The lowest BCUT2D eigenvalue weighted by Crippen LogP contribution is -2.17. The second-order valence-corrected chi connectivity index (χ2v) is 4.56. The molecule has 0 aliphatic rings. The first-order chi connectivity index (χ1) is 9.15. The quantitative estimate of drug-likeness (QED) is 0.662. The maximum Gasteiger partial charge on any atom is 0.125 e. The number of nitrogens with two attached hydrogens (primary N) is 1. The Hall–Kier alpha value is -2.16. The molecule has 19 heavy (non-hydrogen) atoms. The first-order valence-corrected chi connectivity index (χ1v) is 6.28. The van der Waals surface area contributed by atoms with Crippen molar-refractivity contribution < 1.29 is 4.39 Å². The van der Waals surface area contributed by atoms with E-state index in [0.717, 1.165) is 17.5 Å². The van der Waals surface area contributed by atoms with Crippen LogP contribution in [0.2, 0.25) is 0 Å². The van der Waals surface area contributed by atoms with Crippen molar-refractivity contribution in [2.24, 2.45) is 10.7 Å². The summed E-state index contributed by atoms with van der Waals surface area (Å²) in [6.45, 7) is 2.00. The molecule has 0 aromatic heterocycles. The van der Waals surface area contributed by atoms with E-state index in [-0.39, 0.29) is 11.9 Å². The van der Waals surface area contributed by atoms with Gasteiger partial charge in [-0.15, -0.1) is 0 Å². The van der Waals surface area contributed by atoms with Crippen molar-refractivity contribution in [1.82, 2.24) is 0 Å². The monoisotopic (exact) mass is 256 g/mol. The number of halogens is 1. The Morgan fingerprint density at radius 2 is 1.74 bits per heavy atom. The van der Waals surface area contributed by atoms with Crippen molar-refractivity contribution in [2.75, 3.05) is 0 Å². The molecule has 2 nitrogen and oxygen atoms in total. The molecule has 2 N–H and O–H groups in total. The minimum atomic E-state index is -0.219. The van der Waals surface area contributed by atoms with Crippen molar-refractivity contribution in [2.45, 2.75) is 19.4 Å². The van der Waals surface area contributed by atoms with E-state index in [4.69, 9.17) is 5.73 Å². The predicted octanol–water partition coefficient (Wildman–Crippen LogP) is 3.16. The second-order valence-electron chi connectivity index (χ2n) is 4.56. The van der Waals surface area contributed by atoms with Crippen molar-refractivity contribution in [3.05, 3.63) is 71.5 Å². The van der Waals surface area contributed by atoms with E-state index < -0.39 is 0 Å². The van der Waals surface area contributed by atoms with E-state index in [1.807, 2.05) is 37.3 Å². The molecule has 3 heteroatoms. The fourth-order valence-corrected chi connectivity index (χ4v) is 1.93. The van der Waals surface area contributed by atoms with Crippen molar-refractivity contribution in [3.63, 3.8) is 0 Å². The van der Waals surface area contributed by atoms with Crippen LogP contribution in [0, 0.1) is 5.82 Å². The van der Waals surface area contributed by atoms with Gasteiger partial charge in [0.25, 0.3) is 0 Å². The van der Waals surface area contributed by atoms with Crippen LogP contribution >= 0.6 is 0 Å². The van der Waals surface area contributed by atoms with Gasteiger partial charge in [-0.2, -0.15) is 0 Å². The number of hydrogen-bond acceptors (Lipinski definition) is 1. The molecule has 0 aliphatic heterocycles. The molecule has 2 aromatic rings. The molecule has 0 heterocycles. The molecular weight excluding hydrogens is 239 g/mol. The van der Waals surface area contributed by atoms with Gasteiger partial charge in [-0.05, 0) is 31.0 Å². The summed E-state index contributed by atoms with van der Waals surface area (Å²) < 4.78 is 12.8. The smallest absolute Gasteiger partial charge is 0.125 e. The van der Waals surface area contributed by atoms with E-state index >= 15 is 0 Å². The van der Waals surface area contributed by atoms with Gasteiger partial charge in [0.2, 0.25) is 0 Å². The molecule has 0 bridgehead atoms. The Balaban J connectivity index is 2.04. The molecule has 1 unspecified atom stereocenters. The molecule has 2 rings (SSSR count). The van der Waals surface area contributed by atoms with Crippen molar-refractivity contribution in [3.8, 4) is 0 Å². The van der Waals surface area contributed by atoms with Gasteiger partial charge >= 0.3 is 0 Å². The molecule has 1 atom stereocenters. The van der Waals surface area contributed by atoms with Crippen molar-refractivity contribution >= 4 is 5.84 Å². The zero-order chi connectivity index (χ0) is 13.7. The van der Waals surface area contributed by atoms with Crippen LogP contribution in [0.15, 0.2) is 59.6 Å². The topological polar surface area (TPSA) is 38.4 Å². The average Bonchev–Trinajstić information content (AvgIpc) is 2.42. The summed E-state index contributed by atoms with van der Waals surface area (Å²) in [6, 6.07) is 16.2. The fraction of sp³-hybridized carbons (Fsp3) is 0.188. The highest BCUT2D eigenvalue weighted by atomic mass is 19.1. The molecule has 98 valence electrons. The molecule has 0 fully saturated rings. The number of nitrogens with zero attached hydrogens (tertiary/aromatic N) is 1. The van der Waals surface area contributed by atoms with Gasteiger partial charge in [0.15, 0.2) is 0 Å². The summed E-state index contributed by atoms with van der Waals surface area (Å²) in [5.41, 5.74) is 7.94. The fourth-order valence-electron chi connectivity index (χ4n) is 1.93. The molecule has 0 radical (unpaired) electrons. The van der Waals surface area contributed by atoms with Crippen LogP contribution in [0.4, 0.5) is 4.39 Å². The summed E-state index contributed by atoms with van der Waals surface area (Å²) in [5.74, 6) is 0.318. The third kappa shape index (κ3) is 3.91. The summed E-state index contributed by atoms with van der Waals surface area (Å²) >= 11 is 0. The summed E-state index contributed by atoms with van der Waals surface area (Å²) in [6.07, 6.45) is 0.744. The van der Waals surface area contributed by atoms with Gasteiger partial charge in [0, 0.05) is 5.56 Å². The number of rotatable bonds is 4. The lowest BCUT2D eigenvalue weighted by Gasteiger charge is -2.08. The third-order valence-corrected chi connectivity index (χ3v) is 2.87. The van der Waals surface area contributed by atoms with Gasteiger partial charge in [0.05, 0.1) is 6.04 Å². The van der Waals surface area contributed by atoms with E-state index in [1.165, 1.54) is 12.1 Å². The molecule has 0 aliphatic carbocycles. The van der Waals surface area contributed by atoms with E-state index in [0.29, 0.717) is 5.84 Å². The first-order valence-electron chi connectivity index (χ1n) is 6.28. The second kappa shape index (κ2) is 6.14. The molecule has 0 amide bonds. The summed E-state index contributed by atoms with van der Waals surface area (Å²) in [7, 11) is 0. The SMILES string of the molecule is CC(Cc1ccc(F)cc1)N=C(N)c1ccccc1.